The fourth-order valence-corrected chi connectivity index (χ4v) is 1.25. The molecule has 17 heavy (non-hydrogen) atoms. The second-order valence-electron chi connectivity index (χ2n) is 3.18. The molecule has 0 aliphatic carbocycles. The molecule has 0 unspecified atom stereocenters. The number of anilines is 2. The van der Waals surface area contributed by atoms with Crippen LogP contribution in [0.3, 0.4) is 0 Å². The largest absolute Gasteiger partial charge is 0.465 e. The number of ether oxygens (including phenoxy) is 1. The first-order valence-corrected chi connectivity index (χ1v) is 4.51. The molecule has 5 nitrogen and oxygen atoms in total. The van der Waals surface area contributed by atoms with Gasteiger partial charge in [-0.05, 0) is 0 Å². The van der Waals surface area contributed by atoms with Crippen molar-refractivity contribution in [3.05, 3.63) is 23.3 Å². The minimum absolute atomic E-state index is 0.479. The molecule has 0 aliphatic heterocycles. The van der Waals surface area contributed by atoms with Gasteiger partial charge in [-0.25, -0.2) is 13.6 Å². The van der Waals surface area contributed by atoms with Gasteiger partial charge in [-0.2, -0.15) is 0 Å². The van der Waals surface area contributed by atoms with Crippen LogP contribution in [0.25, 0.3) is 0 Å². The van der Waals surface area contributed by atoms with E-state index in [2.05, 4.69) is 10.1 Å². The van der Waals surface area contributed by atoms with Crippen molar-refractivity contribution >= 4 is 23.3 Å². The van der Waals surface area contributed by atoms with Crippen LogP contribution in [-0.2, 0) is 9.53 Å². The summed E-state index contributed by atoms with van der Waals surface area (Å²) in [6.07, 6.45) is 0. The highest BCUT2D eigenvalue weighted by Gasteiger charge is 2.23. The van der Waals surface area contributed by atoms with Crippen molar-refractivity contribution in [1.29, 1.82) is 0 Å². The molecule has 0 saturated carbocycles. The molecule has 0 aromatic heterocycles. The number of rotatable bonds is 2. The van der Waals surface area contributed by atoms with Gasteiger partial charge in [0.2, 0.25) is 5.91 Å². The highest BCUT2D eigenvalue weighted by molar-refractivity contribution is 6.05. The van der Waals surface area contributed by atoms with E-state index in [4.69, 9.17) is 5.73 Å². The number of hydrogen-bond donors (Lipinski definition) is 2. The predicted octanol–water partition coefficient (Wildman–Crippen LogP) is 1.29. The molecule has 0 radical (unpaired) electrons. The molecule has 0 saturated heterocycles. The summed E-state index contributed by atoms with van der Waals surface area (Å²) in [5.41, 5.74) is 3.69. The Morgan fingerprint density at radius 3 is 2.41 bits per heavy atom. The molecule has 0 heterocycles. The van der Waals surface area contributed by atoms with E-state index in [0.29, 0.717) is 6.07 Å². The summed E-state index contributed by atoms with van der Waals surface area (Å²) in [7, 11) is 1.03. The third-order valence-corrected chi connectivity index (χ3v) is 1.96. The van der Waals surface area contributed by atoms with E-state index in [1.807, 2.05) is 0 Å². The molecular weight excluding hydrogens is 234 g/mol. The maximum Gasteiger partial charge on any atom is 0.342 e. The number of carbonyl (C=O) groups is 2. The van der Waals surface area contributed by atoms with Crippen molar-refractivity contribution < 1.29 is 23.1 Å². The van der Waals surface area contributed by atoms with Crippen LogP contribution in [0.5, 0.6) is 0 Å². The van der Waals surface area contributed by atoms with Crippen LogP contribution in [0, 0.1) is 11.6 Å². The van der Waals surface area contributed by atoms with Gasteiger partial charge in [0.25, 0.3) is 0 Å². The van der Waals surface area contributed by atoms with Crippen molar-refractivity contribution in [2.75, 3.05) is 18.2 Å². The monoisotopic (exact) mass is 244 g/mol. The Morgan fingerprint density at radius 1 is 1.35 bits per heavy atom. The number of carbonyl (C=O) groups excluding carboxylic acids is 2. The lowest BCUT2D eigenvalue weighted by Gasteiger charge is -2.12. The topological polar surface area (TPSA) is 81.4 Å². The van der Waals surface area contributed by atoms with E-state index in [1.54, 1.807) is 0 Å². The zero-order valence-corrected chi connectivity index (χ0v) is 9.14. The average Bonchev–Trinajstić information content (AvgIpc) is 2.25. The average molecular weight is 244 g/mol. The number of halogens is 2. The molecule has 1 aromatic rings. The van der Waals surface area contributed by atoms with Crippen molar-refractivity contribution in [1.82, 2.24) is 0 Å². The van der Waals surface area contributed by atoms with Crippen LogP contribution in [0.15, 0.2) is 6.07 Å². The molecule has 3 N–H and O–H groups in total. The normalized spacial score (nSPS) is 9.88. The smallest absolute Gasteiger partial charge is 0.342 e. The predicted molar refractivity (Wildman–Crippen MR) is 56.4 cm³/mol. The lowest BCUT2D eigenvalue weighted by molar-refractivity contribution is -0.114. The Bertz CT molecular complexity index is 489. The van der Waals surface area contributed by atoms with Gasteiger partial charge in [0.1, 0.15) is 11.4 Å². The Labute approximate surface area is 95.5 Å². The molecule has 1 amide bonds. The summed E-state index contributed by atoms with van der Waals surface area (Å²) in [5.74, 6) is -3.87. The van der Waals surface area contributed by atoms with E-state index < -0.39 is 40.4 Å². The van der Waals surface area contributed by atoms with Crippen LogP contribution in [0.2, 0.25) is 0 Å². The fraction of sp³-hybridized carbons (Fsp3) is 0.200. The van der Waals surface area contributed by atoms with Crippen LogP contribution in [0.1, 0.15) is 17.3 Å². The minimum Gasteiger partial charge on any atom is -0.465 e. The first kappa shape index (κ1) is 12.9. The Hall–Kier alpha value is -2.18. The molecule has 0 aliphatic rings. The minimum atomic E-state index is -1.10. The number of amides is 1. The van der Waals surface area contributed by atoms with Crippen LogP contribution < -0.4 is 11.1 Å². The first-order chi connectivity index (χ1) is 7.88. The summed E-state index contributed by atoms with van der Waals surface area (Å²) in [5, 5.41) is 2.06. The lowest BCUT2D eigenvalue weighted by atomic mass is 10.1. The fourth-order valence-electron chi connectivity index (χ4n) is 1.25. The van der Waals surface area contributed by atoms with Crippen molar-refractivity contribution in [3.63, 3.8) is 0 Å². The molecular formula is C10H10F2N2O3. The van der Waals surface area contributed by atoms with Gasteiger partial charge in [0.15, 0.2) is 5.82 Å². The standard InChI is InChI=1S/C10H10F2N2O3/c1-4(15)14-9-6(12)3-5(11)8(13)7(9)10(16)17-2/h3H,13H2,1-2H3,(H,14,15). The quantitative estimate of drug-likeness (QED) is 0.606. The summed E-state index contributed by atoms with van der Waals surface area (Å²) >= 11 is 0. The molecule has 1 aromatic carbocycles. The number of hydrogen-bond acceptors (Lipinski definition) is 4. The molecule has 0 atom stereocenters. The van der Waals surface area contributed by atoms with Gasteiger partial charge in [0.05, 0.1) is 18.5 Å². The van der Waals surface area contributed by atoms with Crippen molar-refractivity contribution in [2.45, 2.75) is 6.92 Å². The van der Waals surface area contributed by atoms with Gasteiger partial charge < -0.3 is 15.8 Å². The highest BCUT2D eigenvalue weighted by Crippen LogP contribution is 2.29. The number of esters is 1. The van der Waals surface area contributed by atoms with Crippen LogP contribution in [0.4, 0.5) is 20.2 Å². The second-order valence-corrected chi connectivity index (χ2v) is 3.18. The van der Waals surface area contributed by atoms with E-state index in [-0.39, 0.29) is 0 Å². The van der Waals surface area contributed by atoms with Crippen LogP contribution in [-0.4, -0.2) is 19.0 Å². The van der Waals surface area contributed by atoms with E-state index in [9.17, 15) is 18.4 Å². The second kappa shape index (κ2) is 4.77. The zero-order chi connectivity index (χ0) is 13.2. The zero-order valence-electron chi connectivity index (χ0n) is 9.14. The summed E-state index contributed by atoms with van der Waals surface area (Å²) in [4.78, 5) is 22.2. The Balaban J connectivity index is 3.49. The maximum absolute atomic E-state index is 13.4. The maximum atomic E-state index is 13.4. The molecule has 7 heteroatoms. The molecule has 1 rings (SSSR count). The molecule has 0 bridgehead atoms. The van der Waals surface area contributed by atoms with E-state index >= 15 is 0 Å². The number of nitrogen functional groups attached to an aromatic ring is 1. The SMILES string of the molecule is COC(=O)c1c(N)c(F)cc(F)c1NC(C)=O. The van der Waals surface area contributed by atoms with E-state index in [0.717, 1.165) is 14.0 Å². The lowest BCUT2D eigenvalue weighted by Crippen LogP contribution is -2.16. The number of methoxy groups -OCH3 is 1. The number of benzene rings is 1. The number of nitrogens with two attached hydrogens (primary N) is 1. The summed E-state index contributed by atoms with van der Waals surface area (Å²) < 4.78 is 30.9. The third kappa shape index (κ3) is 2.49. The number of nitrogens with one attached hydrogen (secondary N) is 1. The van der Waals surface area contributed by atoms with Gasteiger partial charge >= 0.3 is 5.97 Å². The van der Waals surface area contributed by atoms with Gasteiger partial charge in [-0.3, -0.25) is 4.79 Å². The van der Waals surface area contributed by atoms with Gasteiger partial charge in [-0.15, -0.1) is 0 Å². The first-order valence-electron chi connectivity index (χ1n) is 4.51. The van der Waals surface area contributed by atoms with Gasteiger partial charge in [0, 0.05) is 13.0 Å². The summed E-state index contributed by atoms with van der Waals surface area (Å²) in [6.45, 7) is 1.11. The third-order valence-electron chi connectivity index (χ3n) is 1.96. The van der Waals surface area contributed by atoms with Crippen LogP contribution >= 0.6 is 0 Å². The van der Waals surface area contributed by atoms with Crippen molar-refractivity contribution in [3.8, 4) is 0 Å². The molecule has 92 valence electrons. The van der Waals surface area contributed by atoms with E-state index in [1.165, 1.54) is 0 Å². The Kier molecular flexibility index (Phi) is 3.62. The molecule has 0 fully saturated rings. The van der Waals surface area contributed by atoms with Crippen molar-refractivity contribution in [2.24, 2.45) is 0 Å². The Morgan fingerprint density at radius 2 is 1.94 bits per heavy atom. The summed E-state index contributed by atoms with van der Waals surface area (Å²) in [6, 6.07) is 0.479. The molecule has 0 spiro atoms. The highest BCUT2D eigenvalue weighted by atomic mass is 19.1. The van der Waals surface area contributed by atoms with Gasteiger partial charge in [-0.1, -0.05) is 0 Å².